The highest BCUT2D eigenvalue weighted by Gasteiger charge is 2.16. The van der Waals surface area contributed by atoms with Crippen molar-refractivity contribution in [3.8, 4) is 11.5 Å². The van der Waals surface area contributed by atoms with Crippen molar-refractivity contribution in [1.82, 2.24) is 4.72 Å². The first-order valence-corrected chi connectivity index (χ1v) is 7.73. The molecule has 112 valence electrons. The molecule has 1 atom stereocenters. The smallest absolute Gasteiger partial charge is 0.142 e. The van der Waals surface area contributed by atoms with Crippen LogP contribution in [0.4, 0.5) is 0 Å². The second-order valence-electron chi connectivity index (χ2n) is 4.50. The molecule has 0 amide bonds. The lowest BCUT2D eigenvalue weighted by Gasteiger charge is -2.14. The lowest BCUT2D eigenvalue weighted by molar-refractivity contribution is 0.381. The Morgan fingerprint density at radius 3 is 2.38 bits per heavy atom. The van der Waals surface area contributed by atoms with Crippen LogP contribution in [0.1, 0.15) is 11.1 Å². The van der Waals surface area contributed by atoms with Crippen molar-refractivity contribution < 1.29 is 13.7 Å². The third-order valence-corrected chi connectivity index (χ3v) is 4.32. The fourth-order valence-electron chi connectivity index (χ4n) is 2.09. The summed E-state index contributed by atoms with van der Waals surface area (Å²) in [6, 6.07) is 13.4. The lowest BCUT2D eigenvalue weighted by Crippen LogP contribution is -2.17. The summed E-state index contributed by atoms with van der Waals surface area (Å²) in [4.78, 5) is 0.617. The van der Waals surface area contributed by atoms with Crippen LogP contribution >= 0.6 is 0 Å². The molecule has 4 nitrogen and oxygen atoms in total. The summed E-state index contributed by atoms with van der Waals surface area (Å²) < 4.78 is 26.1. The van der Waals surface area contributed by atoms with Gasteiger partial charge in [-0.15, -0.1) is 0 Å². The summed E-state index contributed by atoms with van der Waals surface area (Å²) >= 11 is 0. The predicted molar refractivity (Wildman–Crippen MR) is 84.0 cm³/mol. The van der Waals surface area contributed by atoms with Gasteiger partial charge in [0.05, 0.1) is 19.1 Å². The van der Waals surface area contributed by atoms with Crippen LogP contribution in [-0.4, -0.2) is 18.4 Å². The summed E-state index contributed by atoms with van der Waals surface area (Å²) in [6.07, 6.45) is 0. The van der Waals surface area contributed by atoms with Crippen LogP contribution in [0.2, 0.25) is 0 Å². The van der Waals surface area contributed by atoms with Crippen LogP contribution in [-0.2, 0) is 17.5 Å². The molecule has 0 bridgehead atoms. The topological polar surface area (TPSA) is 47.6 Å². The minimum Gasteiger partial charge on any atom is -0.496 e. The van der Waals surface area contributed by atoms with E-state index in [0.717, 1.165) is 16.9 Å². The van der Waals surface area contributed by atoms with Gasteiger partial charge in [-0.25, -0.2) is 8.93 Å². The summed E-state index contributed by atoms with van der Waals surface area (Å²) in [5.41, 5.74) is 1.92. The van der Waals surface area contributed by atoms with Gasteiger partial charge in [0.1, 0.15) is 22.5 Å². The van der Waals surface area contributed by atoms with Crippen LogP contribution in [0.15, 0.2) is 47.4 Å². The van der Waals surface area contributed by atoms with E-state index in [4.69, 9.17) is 9.47 Å². The largest absolute Gasteiger partial charge is 0.496 e. The highest BCUT2D eigenvalue weighted by atomic mass is 32.2. The van der Waals surface area contributed by atoms with E-state index >= 15 is 0 Å². The van der Waals surface area contributed by atoms with Crippen molar-refractivity contribution >= 4 is 11.0 Å². The minimum atomic E-state index is -1.35. The van der Waals surface area contributed by atoms with Gasteiger partial charge in [-0.3, -0.25) is 0 Å². The molecule has 0 aliphatic heterocycles. The first-order valence-electron chi connectivity index (χ1n) is 6.58. The fraction of sp³-hybridized carbons (Fsp3) is 0.250. The van der Waals surface area contributed by atoms with Crippen LogP contribution in [0.5, 0.6) is 11.5 Å². The van der Waals surface area contributed by atoms with E-state index in [0.29, 0.717) is 17.2 Å². The van der Waals surface area contributed by atoms with Crippen molar-refractivity contribution in [3.63, 3.8) is 0 Å². The fourth-order valence-corrected chi connectivity index (χ4v) is 3.14. The zero-order chi connectivity index (χ0) is 15.2. The van der Waals surface area contributed by atoms with E-state index in [1.807, 2.05) is 37.3 Å². The highest BCUT2D eigenvalue weighted by Crippen LogP contribution is 2.32. The van der Waals surface area contributed by atoms with Crippen molar-refractivity contribution in [1.29, 1.82) is 0 Å². The van der Waals surface area contributed by atoms with Crippen molar-refractivity contribution in [2.24, 2.45) is 0 Å². The molecule has 0 heterocycles. The van der Waals surface area contributed by atoms with Gasteiger partial charge in [0.2, 0.25) is 0 Å². The highest BCUT2D eigenvalue weighted by molar-refractivity contribution is 7.83. The maximum Gasteiger partial charge on any atom is 0.142 e. The summed E-state index contributed by atoms with van der Waals surface area (Å²) in [5, 5.41) is 0. The lowest BCUT2D eigenvalue weighted by atomic mass is 10.2. The van der Waals surface area contributed by atoms with Crippen LogP contribution in [0, 0.1) is 6.92 Å². The van der Waals surface area contributed by atoms with Crippen LogP contribution in [0.3, 0.4) is 0 Å². The second-order valence-corrected chi connectivity index (χ2v) is 5.77. The molecule has 2 aromatic rings. The maximum atomic E-state index is 12.4. The standard InChI is InChI=1S/C16H19NO3S/c1-12-14(19-2)9-10-15(16(12)20-3)21(18)17-11-13-7-5-4-6-8-13/h4-10,17H,11H2,1-3H3/t21-/m1/s1. The van der Waals surface area contributed by atoms with Gasteiger partial charge < -0.3 is 9.47 Å². The Kier molecular flexibility index (Phi) is 5.36. The van der Waals surface area contributed by atoms with Gasteiger partial charge in [-0.2, -0.15) is 0 Å². The first kappa shape index (κ1) is 15.5. The molecule has 2 aromatic carbocycles. The Labute approximate surface area is 127 Å². The minimum absolute atomic E-state index is 0.529. The van der Waals surface area contributed by atoms with Crippen molar-refractivity contribution in [2.45, 2.75) is 18.4 Å². The Bertz CT molecular complexity index is 629. The van der Waals surface area contributed by atoms with Crippen molar-refractivity contribution in [2.75, 3.05) is 14.2 Å². The molecule has 1 N–H and O–H groups in total. The molecular formula is C16H19NO3S. The van der Waals surface area contributed by atoms with Gasteiger partial charge in [0.25, 0.3) is 0 Å². The number of benzene rings is 2. The number of ether oxygens (including phenoxy) is 2. The van der Waals surface area contributed by atoms with Crippen LogP contribution < -0.4 is 14.2 Å². The number of hydrogen-bond donors (Lipinski definition) is 1. The Morgan fingerprint density at radius 2 is 1.76 bits per heavy atom. The Morgan fingerprint density at radius 1 is 1.05 bits per heavy atom. The molecule has 0 radical (unpaired) electrons. The molecule has 0 aliphatic carbocycles. The normalized spacial score (nSPS) is 12.0. The van der Waals surface area contributed by atoms with E-state index in [-0.39, 0.29) is 0 Å². The molecule has 0 aromatic heterocycles. The molecule has 0 saturated heterocycles. The second kappa shape index (κ2) is 7.24. The monoisotopic (exact) mass is 305 g/mol. The van der Waals surface area contributed by atoms with Gasteiger partial charge >= 0.3 is 0 Å². The molecule has 0 spiro atoms. The van der Waals surface area contributed by atoms with Gasteiger partial charge in [0, 0.05) is 12.1 Å². The third-order valence-electron chi connectivity index (χ3n) is 3.19. The summed E-state index contributed by atoms with van der Waals surface area (Å²) in [5.74, 6) is 1.31. The molecule has 0 fully saturated rings. The SMILES string of the molecule is COc1ccc([S@@](=O)NCc2ccccc2)c(OC)c1C. The average Bonchev–Trinajstić information content (AvgIpc) is 2.53. The van der Waals surface area contributed by atoms with Crippen molar-refractivity contribution in [3.05, 3.63) is 53.6 Å². The molecule has 21 heavy (non-hydrogen) atoms. The average molecular weight is 305 g/mol. The number of methoxy groups -OCH3 is 2. The Hall–Kier alpha value is -1.85. The number of nitrogens with one attached hydrogen (secondary N) is 1. The molecule has 0 unspecified atom stereocenters. The predicted octanol–water partition coefficient (Wildman–Crippen LogP) is 2.82. The third kappa shape index (κ3) is 3.62. The number of hydrogen-bond acceptors (Lipinski definition) is 3. The van der Waals surface area contributed by atoms with Gasteiger partial charge in [0.15, 0.2) is 0 Å². The summed E-state index contributed by atoms with van der Waals surface area (Å²) in [7, 11) is 1.83. The van der Waals surface area contributed by atoms with E-state index < -0.39 is 11.0 Å². The van der Waals surface area contributed by atoms with E-state index in [2.05, 4.69) is 4.72 Å². The molecule has 2 rings (SSSR count). The maximum absolute atomic E-state index is 12.4. The van der Waals surface area contributed by atoms with E-state index in [9.17, 15) is 4.21 Å². The van der Waals surface area contributed by atoms with Crippen LogP contribution in [0.25, 0.3) is 0 Å². The molecule has 0 aliphatic rings. The van der Waals surface area contributed by atoms with Gasteiger partial charge in [-0.05, 0) is 24.6 Å². The summed E-state index contributed by atoms with van der Waals surface area (Å²) in [6.45, 7) is 2.41. The molecule has 0 saturated carbocycles. The van der Waals surface area contributed by atoms with E-state index in [1.54, 1.807) is 26.4 Å². The molecule has 5 heteroatoms. The molecular weight excluding hydrogens is 286 g/mol. The zero-order valence-corrected chi connectivity index (χ0v) is 13.2. The van der Waals surface area contributed by atoms with E-state index in [1.165, 1.54) is 0 Å². The Balaban J connectivity index is 2.17. The number of rotatable bonds is 6. The zero-order valence-electron chi connectivity index (χ0n) is 12.4. The van der Waals surface area contributed by atoms with Gasteiger partial charge in [-0.1, -0.05) is 30.3 Å². The quantitative estimate of drug-likeness (QED) is 0.892. The first-order chi connectivity index (χ1) is 10.2.